The predicted molar refractivity (Wildman–Crippen MR) is 57.8 cm³/mol. The van der Waals surface area contributed by atoms with Crippen molar-refractivity contribution in [2.45, 2.75) is 19.0 Å². The normalized spacial score (nSPS) is 12.5. The van der Waals surface area contributed by atoms with E-state index in [4.69, 9.17) is 0 Å². The van der Waals surface area contributed by atoms with Crippen LogP contribution in [0.2, 0.25) is 0 Å². The minimum atomic E-state index is -5.77. The quantitative estimate of drug-likeness (QED) is 0.361. The first-order valence-electron chi connectivity index (χ1n) is 5.54. The molecule has 118 valence electrons. The highest BCUT2D eigenvalue weighted by molar-refractivity contribution is 5.74. The Morgan fingerprint density at radius 2 is 1.52 bits per heavy atom. The van der Waals surface area contributed by atoms with Gasteiger partial charge in [-0.15, -0.1) is 0 Å². The molecule has 0 unspecified atom stereocenters. The van der Waals surface area contributed by atoms with Crippen molar-refractivity contribution in [3.63, 3.8) is 0 Å². The zero-order chi connectivity index (χ0) is 16.1. The SMILES string of the molecule is O=C(OCOCc1ccccc1)C(C(F)(F)F)C(F)(F)F. The van der Waals surface area contributed by atoms with E-state index >= 15 is 0 Å². The van der Waals surface area contributed by atoms with Crippen LogP contribution in [-0.2, 0) is 20.9 Å². The van der Waals surface area contributed by atoms with Gasteiger partial charge in [0.05, 0.1) is 6.61 Å². The lowest BCUT2D eigenvalue weighted by molar-refractivity contribution is -0.284. The number of hydrogen-bond donors (Lipinski definition) is 0. The summed E-state index contributed by atoms with van der Waals surface area (Å²) in [6.45, 7) is -1.12. The van der Waals surface area contributed by atoms with Crippen molar-refractivity contribution in [1.82, 2.24) is 0 Å². The lowest BCUT2D eigenvalue weighted by atomic mass is 10.1. The van der Waals surface area contributed by atoms with Gasteiger partial charge in [-0.25, -0.2) is 0 Å². The van der Waals surface area contributed by atoms with E-state index in [1.165, 1.54) is 0 Å². The second kappa shape index (κ2) is 6.79. The van der Waals surface area contributed by atoms with Gasteiger partial charge in [-0.2, -0.15) is 26.3 Å². The van der Waals surface area contributed by atoms with Crippen molar-refractivity contribution in [3.05, 3.63) is 35.9 Å². The van der Waals surface area contributed by atoms with Gasteiger partial charge < -0.3 is 9.47 Å². The molecule has 3 nitrogen and oxygen atoms in total. The fraction of sp³-hybridized carbons (Fsp3) is 0.417. The molecule has 0 aliphatic carbocycles. The minimum absolute atomic E-state index is 0.114. The molecule has 0 aliphatic rings. The maximum atomic E-state index is 12.2. The highest BCUT2D eigenvalue weighted by atomic mass is 19.4. The predicted octanol–water partition coefficient (Wildman–Crippen LogP) is 3.44. The first kappa shape index (κ1) is 17.3. The van der Waals surface area contributed by atoms with Crippen LogP contribution in [0, 0.1) is 5.92 Å². The third-order valence-electron chi connectivity index (χ3n) is 2.29. The summed E-state index contributed by atoms with van der Waals surface area (Å²) in [5.41, 5.74) is 0.622. The van der Waals surface area contributed by atoms with Crippen LogP contribution in [-0.4, -0.2) is 25.1 Å². The zero-order valence-electron chi connectivity index (χ0n) is 10.4. The summed E-state index contributed by atoms with van der Waals surface area (Å²) in [7, 11) is 0. The highest BCUT2D eigenvalue weighted by Crippen LogP contribution is 2.39. The second-order valence-electron chi connectivity index (χ2n) is 3.93. The third-order valence-corrected chi connectivity index (χ3v) is 2.29. The number of ether oxygens (including phenoxy) is 2. The van der Waals surface area contributed by atoms with Gasteiger partial charge in [0, 0.05) is 0 Å². The van der Waals surface area contributed by atoms with Gasteiger partial charge in [-0.1, -0.05) is 30.3 Å². The van der Waals surface area contributed by atoms with Crippen LogP contribution in [0.3, 0.4) is 0 Å². The Balaban J connectivity index is 2.48. The molecule has 21 heavy (non-hydrogen) atoms. The molecule has 9 heteroatoms. The number of halogens is 6. The Labute approximate surface area is 115 Å². The summed E-state index contributed by atoms with van der Waals surface area (Å²) < 4.78 is 81.6. The molecule has 0 bridgehead atoms. The Morgan fingerprint density at radius 1 is 1.00 bits per heavy atom. The molecule has 0 saturated carbocycles. The standard InChI is InChI=1S/C12H10F6O3/c13-11(14,15)9(12(16,17)18)10(19)21-7-20-6-8-4-2-1-3-5-8/h1-5,9H,6-7H2. The average molecular weight is 316 g/mol. The lowest BCUT2D eigenvalue weighted by Crippen LogP contribution is -2.43. The molecule has 0 aliphatic heterocycles. The number of carbonyl (C=O) groups is 1. The van der Waals surface area contributed by atoms with E-state index in [1.807, 2.05) is 0 Å². The van der Waals surface area contributed by atoms with E-state index in [2.05, 4.69) is 9.47 Å². The van der Waals surface area contributed by atoms with Crippen molar-refractivity contribution in [2.24, 2.45) is 5.92 Å². The van der Waals surface area contributed by atoms with Gasteiger partial charge in [0.25, 0.3) is 0 Å². The van der Waals surface area contributed by atoms with Crippen LogP contribution >= 0.6 is 0 Å². The molecule has 1 rings (SSSR count). The second-order valence-corrected chi connectivity index (χ2v) is 3.93. The number of hydrogen-bond acceptors (Lipinski definition) is 3. The largest absolute Gasteiger partial charge is 0.438 e. The number of benzene rings is 1. The van der Waals surface area contributed by atoms with E-state index in [0.717, 1.165) is 0 Å². The molecule has 0 amide bonds. The highest BCUT2D eigenvalue weighted by Gasteiger charge is 2.62. The maximum Gasteiger partial charge on any atom is 0.411 e. The van der Waals surface area contributed by atoms with E-state index in [-0.39, 0.29) is 6.61 Å². The molecule has 0 saturated heterocycles. The van der Waals surface area contributed by atoms with Gasteiger partial charge >= 0.3 is 18.3 Å². The monoisotopic (exact) mass is 316 g/mol. The maximum absolute atomic E-state index is 12.2. The zero-order valence-corrected chi connectivity index (χ0v) is 10.4. The van der Waals surface area contributed by atoms with Crippen LogP contribution in [0.1, 0.15) is 5.56 Å². The van der Waals surface area contributed by atoms with Gasteiger partial charge in [-0.3, -0.25) is 4.79 Å². The van der Waals surface area contributed by atoms with Crippen molar-refractivity contribution in [2.75, 3.05) is 6.79 Å². The summed E-state index contributed by atoms with van der Waals surface area (Å²) >= 11 is 0. The number of alkyl halides is 6. The minimum Gasteiger partial charge on any atom is -0.438 e. The number of carbonyl (C=O) groups excluding carboxylic acids is 1. The first-order chi connectivity index (χ1) is 9.62. The fourth-order valence-electron chi connectivity index (χ4n) is 1.37. The molecule has 1 aromatic carbocycles. The van der Waals surface area contributed by atoms with Crippen LogP contribution in [0.4, 0.5) is 26.3 Å². The van der Waals surface area contributed by atoms with E-state index in [1.54, 1.807) is 30.3 Å². The Kier molecular flexibility index (Phi) is 5.59. The van der Waals surface area contributed by atoms with E-state index in [9.17, 15) is 31.1 Å². The average Bonchev–Trinajstić information content (AvgIpc) is 2.32. The van der Waals surface area contributed by atoms with E-state index < -0.39 is 31.0 Å². The Morgan fingerprint density at radius 3 is 2.00 bits per heavy atom. The molecular formula is C12H10F6O3. The van der Waals surface area contributed by atoms with Crippen molar-refractivity contribution in [3.8, 4) is 0 Å². The molecule has 0 aromatic heterocycles. The molecular weight excluding hydrogens is 306 g/mol. The summed E-state index contributed by atoms with van der Waals surface area (Å²) in [5.74, 6) is -6.62. The third kappa shape index (κ3) is 5.62. The number of rotatable bonds is 5. The topological polar surface area (TPSA) is 35.5 Å². The van der Waals surface area contributed by atoms with Gasteiger partial charge in [0.1, 0.15) is 0 Å². The molecule has 0 atom stereocenters. The van der Waals surface area contributed by atoms with Crippen molar-refractivity contribution in [1.29, 1.82) is 0 Å². The smallest absolute Gasteiger partial charge is 0.411 e. The lowest BCUT2D eigenvalue weighted by Gasteiger charge is -2.21. The van der Waals surface area contributed by atoms with Crippen LogP contribution < -0.4 is 0 Å². The summed E-state index contributed by atoms with van der Waals surface area (Å²) in [6.07, 6.45) is -11.5. The van der Waals surface area contributed by atoms with E-state index in [0.29, 0.717) is 5.56 Å². The molecule has 1 aromatic rings. The van der Waals surface area contributed by atoms with Crippen LogP contribution in [0.15, 0.2) is 30.3 Å². The molecule has 0 fully saturated rings. The van der Waals surface area contributed by atoms with Gasteiger partial charge in [-0.05, 0) is 5.56 Å². The van der Waals surface area contributed by atoms with Crippen LogP contribution in [0.5, 0.6) is 0 Å². The molecule has 0 spiro atoms. The van der Waals surface area contributed by atoms with Gasteiger partial charge in [0.15, 0.2) is 6.79 Å². The van der Waals surface area contributed by atoms with Gasteiger partial charge in [0.2, 0.25) is 5.92 Å². The fourth-order valence-corrected chi connectivity index (χ4v) is 1.37. The molecule has 0 radical (unpaired) electrons. The molecule has 0 N–H and O–H groups in total. The summed E-state index contributed by atoms with van der Waals surface area (Å²) in [4.78, 5) is 10.9. The molecule has 0 heterocycles. The van der Waals surface area contributed by atoms with Crippen molar-refractivity contribution >= 4 is 5.97 Å². The number of esters is 1. The Bertz CT molecular complexity index is 440. The van der Waals surface area contributed by atoms with Crippen LogP contribution in [0.25, 0.3) is 0 Å². The summed E-state index contributed by atoms with van der Waals surface area (Å²) in [6, 6.07) is 8.27. The van der Waals surface area contributed by atoms with Crippen molar-refractivity contribution < 1.29 is 40.6 Å². The Hall–Kier alpha value is -1.77. The summed E-state index contributed by atoms with van der Waals surface area (Å²) in [5, 5.41) is 0. The first-order valence-corrected chi connectivity index (χ1v) is 5.54.